The molecule has 0 unspecified atom stereocenters. The van der Waals surface area contributed by atoms with Gasteiger partial charge in [-0.05, 0) is 11.6 Å². The molecule has 1 amide bonds. The quantitative estimate of drug-likeness (QED) is 0.893. The monoisotopic (exact) mass is 314 g/mol. The second-order valence-electron chi connectivity index (χ2n) is 4.91. The van der Waals surface area contributed by atoms with Gasteiger partial charge in [0.05, 0.1) is 10.6 Å². The molecular weight excluding hydrogens is 300 g/mol. The summed E-state index contributed by atoms with van der Waals surface area (Å²) < 4.78 is 24.9. The van der Waals surface area contributed by atoms with E-state index >= 15 is 0 Å². The van der Waals surface area contributed by atoms with E-state index in [1.165, 1.54) is 6.07 Å². The number of hydrogen-bond donors (Lipinski definition) is 2. The van der Waals surface area contributed by atoms with Crippen LogP contribution in [0.2, 0.25) is 0 Å². The summed E-state index contributed by atoms with van der Waals surface area (Å²) in [5.41, 5.74) is 7.02. The Balaban J connectivity index is 2.05. The number of hydrogen-bond acceptors (Lipinski definition) is 4. The van der Waals surface area contributed by atoms with Crippen molar-refractivity contribution in [3.8, 4) is 0 Å². The Bertz CT molecular complexity index is 871. The standard InChI is InChI=1S/C16H14N2O3S/c17-16(19)15-14(18-10-11-6-2-1-3-7-11)12-8-4-5-9-13(12)22(15,20)21/h1-9,18H,10H2,(H2,17,19). The van der Waals surface area contributed by atoms with Gasteiger partial charge in [-0.3, -0.25) is 4.79 Å². The van der Waals surface area contributed by atoms with Crippen LogP contribution in [0.4, 0.5) is 0 Å². The van der Waals surface area contributed by atoms with Crippen molar-refractivity contribution in [1.29, 1.82) is 0 Å². The van der Waals surface area contributed by atoms with Crippen molar-refractivity contribution in [3.63, 3.8) is 0 Å². The molecule has 6 heteroatoms. The Hall–Kier alpha value is -2.60. The maximum atomic E-state index is 12.4. The lowest BCUT2D eigenvalue weighted by Gasteiger charge is -2.09. The van der Waals surface area contributed by atoms with Crippen molar-refractivity contribution in [3.05, 3.63) is 70.6 Å². The molecule has 0 fully saturated rings. The SMILES string of the molecule is NC(=O)C1=C(NCc2ccccc2)c2ccccc2S1(=O)=O. The van der Waals surface area contributed by atoms with Crippen LogP contribution in [-0.4, -0.2) is 14.3 Å². The number of benzene rings is 2. The van der Waals surface area contributed by atoms with E-state index in [1.54, 1.807) is 18.2 Å². The van der Waals surface area contributed by atoms with Gasteiger partial charge in [0, 0.05) is 12.1 Å². The predicted molar refractivity (Wildman–Crippen MR) is 83.0 cm³/mol. The van der Waals surface area contributed by atoms with Gasteiger partial charge in [-0.15, -0.1) is 0 Å². The van der Waals surface area contributed by atoms with Crippen LogP contribution in [0.5, 0.6) is 0 Å². The van der Waals surface area contributed by atoms with Gasteiger partial charge in [0.2, 0.25) is 9.84 Å². The third-order valence-corrected chi connectivity index (χ3v) is 5.36. The molecule has 0 saturated heterocycles. The first-order chi connectivity index (χ1) is 10.5. The number of rotatable bonds is 4. The Morgan fingerprint density at radius 3 is 2.32 bits per heavy atom. The minimum absolute atomic E-state index is 0.111. The van der Waals surface area contributed by atoms with Crippen LogP contribution in [-0.2, 0) is 21.2 Å². The summed E-state index contributed by atoms with van der Waals surface area (Å²) in [6.07, 6.45) is 0. The van der Waals surface area contributed by atoms with Crippen LogP contribution in [0, 0.1) is 0 Å². The maximum Gasteiger partial charge on any atom is 0.262 e. The van der Waals surface area contributed by atoms with Crippen LogP contribution in [0.1, 0.15) is 11.1 Å². The lowest BCUT2D eigenvalue weighted by Crippen LogP contribution is -2.22. The smallest absolute Gasteiger partial charge is 0.262 e. The van der Waals surface area contributed by atoms with Gasteiger partial charge in [0.25, 0.3) is 5.91 Å². The van der Waals surface area contributed by atoms with Crippen molar-refractivity contribution in [2.45, 2.75) is 11.4 Å². The van der Waals surface area contributed by atoms with Gasteiger partial charge < -0.3 is 11.1 Å². The summed E-state index contributed by atoms with van der Waals surface area (Å²) in [7, 11) is -3.86. The van der Waals surface area contributed by atoms with E-state index in [1.807, 2.05) is 30.3 Å². The molecule has 1 aliphatic rings. The lowest BCUT2D eigenvalue weighted by atomic mass is 10.1. The zero-order chi connectivity index (χ0) is 15.7. The van der Waals surface area contributed by atoms with Crippen molar-refractivity contribution in [2.75, 3.05) is 0 Å². The molecule has 0 aliphatic carbocycles. The van der Waals surface area contributed by atoms with Gasteiger partial charge in [-0.1, -0.05) is 48.5 Å². The summed E-state index contributed by atoms with van der Waals surface area (Å²) in [5, 5.41) is 3.04. The number of primary amides is 1. The first-order valence-corrected chi connectivity index (χ1v) is 8.16. The van der Waals surface area contributed by atoms with Crippen LogP contribution in [0.25, 0.3) is 5.70 Å². The second-order valence-corrected chi connectivity index (χ2v) is 6.76. The molecule has 0 radical (unpaired) electrons. The van der Waals surface area contributed by atoms with Gasteiger partial charge >= 0.3 is 0 Å². The molecule has 1 aliphatic heterocycles. The van der Waals surface area contributed by atoms with E-state index in [2.05, 4.69) is 5.32 Å². The minimum Gasteiger partial charge on any atom is -0.379 e. The van der Waals surface area contributed by atoms with E-state index in [0.29, 0.717) is 12.1 Å². The number of carbonyl (C=O) groups is 1. The number of fused-ring (bicyclic) bond motifs is 1. The van der Waals surface area contributed by atoms with E-state index in [0.717, 1.165) is 5.56 Å². The molecule has 1 heterocycles. The van der Waals surface area contributed by atoms with E-state index in [-0.39, 0.29) is 15.5 Å². The van der Waals surface area contributed by atoms with Crippen molar-refractivity contribution in [1.82, 2.24) is 5.32 Å². The second kappa shape index (κ2) is 5.31. The summed E-state index contributed by atoms with van der Waals surface area (Å²) in [6.45, 7) is 0.400. The Labute approximate surface area is 128 Å². The number of nitrogens with two attached hydrogens (primary N) is 1. The summed E-state index contributed by atoms with van der Waals surface area (Å²) >= 11 is 0. The molecule has 3 N–H and O–H groups in total. The third kappa shape index (κ3) is 2.27. The molecule has 3 rings (SSSR count). The van der Waals surface area contributed by atoms with Gasteiger partial charge in [-0.2, -0.15) is 0 Å². The number of amides is 1. The maximum absolute atomic E-state index is 12.4. The van der Waals surface area contributed by atoms with Crippen molar-refractivity contribution >= 4 is 21.4 Å². The molecule has 5 nitrogen and oxygen atoms in total. The molecule has 2 aromatic carbocycles. The molecule has 0 saturated carbocycles. The van der Waals surface area contributed by atoms with Crippen molar-refractivity contribution < 1.29 is 13.2 Å². The van der Waals surface area contributed by atoms with Gasteiger partial charge in [0.15, 0.2) is 4.91 Å². The number of carbonyl (C=O) groups excluding carboxylic acids is 1. The summed E-state index contributed by atoms with van der Waals surface area (Å²) in [5.74, 6) is -0.952. The van der Waals surface area contributed by atoms with E-state index < -0.39 is 15.7 Å². The minimum atomic E-state index is -3.86. The molecule has 0 spiro atoms. The molecule has 112 valence electrons. The lowest BCUT2D eigenvalue weighted by molar-refractivity contribution is -0.113. The molecule has 0 bridgehead atoms. The average Bonchev–Trinajstić information content (AvgIpc) is 2.74. The van der Waals surface area contributed by atoms with Crippen molar-refractivity contribution in [2.24, 2.45) is 5.73 Å². The molecular formula is C16H14N2O3S. The normalized spacial score (nSPS) is 15.5. The van der Waals surface area contributed by atoms with Gasteiger partial charge in [-0.25, -0.2) is 8.42 Å². The van der Waals surface area contributed by atoms with Crippen LogP contribution in [0.3, 0.4) is 0 Å². The van der Waals surface area contributed by atoms with Crippen LogP contribution in [0.15, 0.2) is 64.4 Å². The molecule has 0 atom stereocenters. The highest BCUT2D eigenvalue weighted by molar-refractivity contribution is 7.97. The fourth-order valence-electron chi connectivity index (χ4n) is 2.49. The number of sulfone groups is 1. The highest BCUT2D eigenvalue weighted by atomic mass is 32.2. The Morgan fingerprint density at radius 1 is 1.00 bits per heavy atom. The summed E-state index contributed by atoms with van der Waals surface area (Å²) in [6, 6.07) is 16.0. The molecule has 0 aromatic heterocycles. The Kier molecular flexibility index (Phi) is 3.46. The predicted octanol–water partition coefficient (Wildman–Crippen LogP) is 1.42. The van der Waals surface area contributed by atoms with E-state index in [9.17, 15) is 13.2 Å². The highest BCUT2D eigenvalue weighted by Gasteiger charge is 2.38. The topological polar surface area (TPSA) is 89.3 Å². The third-order valence-electron chi connectivity index (χ3n) is 3.48. The van der Waals surface area contributed by atoms with Gasteiger partial charge in [0.1, 0.15) is 0 Å². The summed E-state index contributed by atoms with van der Waals surface area (Å²) in [4.78, 5) is 11.4. The fraction of sp³-hybridized carbons (Fsp3) is 0.0625. The zero-order valence-corrected chi connectivity index (χ0v) is 12.4. The highest BCUT2D eigenvalue weighted by Crippen LogP contribution is 2.37. The van der Waals surface area contributed by atoms with Crippen LogP contribution >= 0.6 is 0 Å². The molecule has 2 aromatic rings. The fourth-order valence-corrected chi connectivity index (χ4v) is 4.14. The van der Waals surface area contributed by atoms with Crippen LogP contribution < -0.4 is 11.1 Å². The molecule has 22 heavy (non-hydrogen) atoms. The average molecular weight is 314 g/mol. The first-order valence-electron chi connectivity index (χ1n) is 6.68. The van der Waals surface area contributed by atoms with E-state index in [4.69, 9.17) is 5.73 Å². The first kappa shape index (κ1) is 14.3. The number of nitrogens with one attached hydrogen (secondary N) is 1. The largest absolute Gasteiger partial charge is 0.379 e. The Morgan fingerprint density at radius 2 is 1.64 bits per heavy atom. The zero-order valence-electron chi connectivity index (χ0n) is 11.6.